The number of hydrogen-bond acceptors (Lipinski definition) is 2. The highest BCUT2D eigenvalue weighted by molar-refractivity contribution is 6.20. The largest absolute Gasteiger partial charge is 0.228 e. The van der Waals surface area contributed by atoms with Crippen molar-refractivity contribution in [3.05, 3.63) is 230 Å². The molecule has 1 aliphatic rings. The van der Waals surface area contributed by atoms with Crippen LogP contribution in [-0.2, 0) is 5.41 Å². The van der Waals surface area contributed by atoms with Crippen molar-refractivity contribution in [2.45, 2.75) is 19.3 Å². The Kier molecular flexibility index (Phi) is 8.55. The van der Waals surface area contributed by atoms with Crippen molar-refractivity contribution in [1.82, 2.24) is 9.97 Å². The first-order valence-electron chi connectivity index (χ1n) is 21.8. The third kappa shape index (κ3) is 6.17. The van der Waals surface area contributed by atoms with Crippen LogP contribution in [0.5, 0.6) is 0 Å². The summed E-state index contributed by atoms with van der Waals surface area (Å²) in [6, 6.07) is 79.1. The summed E-state index contributed by atoms with van der Waals surface area (Å²) in [5, 5.41) is 7.49. The molecule has 0 unspecified atom stereocenters. The van der Waals surface area contributed by atoms with Crippen LogP contribution in [-0.4, -0.2) is 9.97 Å². The van der Waals surface area contributed by atoms with Gasteiger partial charge in [0.1, 0.15) is 0 Å². The van der Waals surface area contributed by atoms with Crippen LogP contribution in [0.25, 0.3) is 111 Å². The predicted molar refractivity (Wildman–Crippen MR) is 265 cm³/mol. The van der Waals surface area contributed by atoms with Gasteiger partial charge in [0, 0.05) is 22.1 Å². The zero-order chi connectivity index (χ0) is 42.1. The van der Waals surface area contributed by atoms with Crippen LogP contribution in [0, 0.1) is 0 Å². The molecule has 63 heavy (non-hydrogen) atoms. The Morgan fingerprint density at radius 2 is 0.889 bits per heavy atom. The van der Waals surface area contributed by atoms with Crippen molar-refractivity contribution in [1.29, 1.82) is 0 Å². The van der Waals surface area contributed by atoms with Gasteiger partial charge in [0.2, 0.25) is 0 Å². The fourth-order valence-corrected chi connectivity index (χ4v) is 10.1. The first-order chi connectivity index (χ1) is 31.0. The Balaban J connectivity index is 0.973. The Labute approximate surface area is 367 Å². The van der Waals surface area contributed by atoms with E-state index in [9.17, 15) is 0 Å². The monoisotopic (exact) mass is 802 g/mol. The zero-order valence-electron chi connectivity index (χ0n) is 35.2. The molecule has 0 bridgehead atoms. The van der Waals surface area contributed by atoms with Gasteiger partial charge in [-0.1, -0.05) is 214 Å². The average Bonchev–Trinajstić information content (AvgIpc) is 3.58. The van der Waals surface area contributed by atoms with Crippen molar-refractivity contribution in [3.8, 4) is 78.4 Å². The van der Waals surface area contributed by atoms with E-state index in [0.717, 1.165) is 44.8 Å². The fourth-order valence-electron chi connectivity index (χ4n) is 10.1. The number of rotatable bonds is 6. The molecule has 2 nitrogen and oxygen atoms in total. The van der Waals surface area contributed by atoms with Crippen LogP contribution in [0.2, 0.25) is 0 Å². The summed E-state index contributed by atoms with van der Waals surface area (Å²) >= 11 is 0. The SMILES string of the molecule is CC1(C)c2ccccc2-c2cc(-c3ccc(-c4cc(-c5ccccc5-c5ccccc5)nc(-c5ccc(-c6c7ccccc7cc7c6ccc6ccccc67)cc5)n4)cc3)ccc21. The second-order valence-electron chi connectivity index (χ2n) is 17.3. The third-order valence-corrected chi connectivity index (χ3v) is 13.3. The molecule has 0 fully saturated rings. The summed E-state index contributed by atoms with van der Waals surface area (Å²) in [5.41, 5.74) is 17.3. The van der Waals surface area contributed by atoms with E-state index >= 15 is 0 Å². The maximum atomic E-state index is 5.34. The molecule has 0 atom stereocenters. The molecule has 11 aromatic rings. The second-order valence-corrected chi connectivity index (χ2v) is 17.3. The van der Waals surface area contributed by atoms with Crippen LogP contribution in [0.3, 0.4) is 0 Å². The minimum atomic E-state index is -0.0180. The average molecular weight is 803 g/mol. The van der Waals surface area contributed by atoms with Crippen molar-refractivity contribution < 1.29 is 0 Å². The predicted octanol–water partition coefficient (Wildman–Crippen LogP) is 16.2. The summed E-state index contributed by atoms with van der Waals surface area (Å²) in [6.45, 7) is 4.66. The number of aromatic nitrogens is 2. The first kappa shape index (κ1) is 36.9. The van der Waals surface area contributed by atoms with Gasteiger partial charge in [-0.2, -0.15) is 0 Å². The summed E-state index contributed by atoms with van der Waals surface area (Å²) in [5.74, 6) is 0.690. The van der Waals surface area contributed by atoms with Crippen LogP contribution < -0.4 is 0 Å². The van der Waals surface area contributed by atoms with Gasteiger partial charge in [0.15, 0.2) is 5.82 Å². The molecule has 12 rings (SSSR count). The quantitative estimate of drug-likeness (QED) is 0.124. The molecular weight excluding hydrogens is 761 g/mol. The number of hydrogen-bond donors (Lipinski definition) is 0. The van der Waals surface area contributed by atoms with Crippen molar-refractivity contribution in [3.63, 3.8) is 0 Å². The lowest BCUT2D eigenvalue weighted by atomic mass is 9.82. The zero-order valence-corrected chi connectivity index (χ0v) is 35.2. The number of fused-ring (bicyclic) bond motifs is 7. The van der Waals surface area contributed by atoms with Gasteiger partial charge in [0.05, 0.1) is 11.4 Å². The maximum absolute atomic E-state index is 5.34. The summed E-state index contributed by atoms with van der Waals surface area (Å²) in [4.78, 5) is 10.7. The lowest BCUT2D eigenvalue weighted by Crippen LogP contribution is -2.14. The standard InChI is InChI=1S/C61H42N2/c1-61(2)55-23-13-12-21-50(55)54-36-45(33-35-56(54)61)39-24-26-42(27-25-39)57-38-58(51-22-11-10-18-47(51)40-14-4-3-5-15-40)63-60(62-57)44-30-28-43(29-31-44)59-49-20-9-7-17-46(49)37-53-48-19-8-6-16-41(48)32-34-52(53)59/h3-38H,1-2H3. The molecule has 2 heteroatoms. The van der Waals surface area contributed by atoms with E-state index in [1.165, 1.54) is 71.3 Å². The topological polar surface area (TPSA) is 25.8 Å². The van der Waals surface area contributed by atoms with Gasteiger partial charge in [-0.15, -0.1) is 0 Å². The van der Waals surface area contributed by atoms with E-state index in [1.807, 2.05) is 0 Å². The van der Waals surface area contributed by atoms with Crippen molar-refractivity contribution >= 4 is 32.3 Å². The molecule has 0 saturated carbocycles. The Morgan fingerprint density at radius 1 is 0.302 bits per heavy atom. The van der Waals surface area contributed by atoms with Crippen LogP contribution >= 0.6 is 0 Å². The molecule has 1 aliphatic carbocycles. The molecule has 0 aliphatic heterocycles. The lowest BCUT2D eigenvalue weighted by Gasteiger charge is -2.21. The van der Waals surface area contributed by atoms with E-state index in [1.54, 1.807) is 0 Å². The molecule has 1 heterocycles. The lowest BCUT2D eigenvalue weighted by molar-refractivity contribution is 0.660. The second kappa shape index (κ2) is 14.6. The van der Waals surface area contributed by atoms with Crippen LogP contribution in [0.4, 0.5) is 0 Å². The molecule has 0 radical (unpaired) electrons. The van der Waals surface area contributed by atoms with E-state index in [2.05, 4.69) is 232 Å². The Morgan fingerprint density at radius 3 is 1.70 bits per heavy atom. The number of benzene rings is 10. The van der Waals surface area contributed by atoms with Gasteiger partial charge in [0.25, 0.3) is 0 Å². The molecule has 0 N–H and O–H groups in total. The van der Waals surface area contributed by atoms with E-state index < -0.39 is 0 Å². The molecule has 10 aromatic carbocycles. The highest BCUT2D eigenvalue weighted by Gasteiger charge is 2.35. The van der Waals surface area contributed by atoms with E-state index in [0.29, 0.717) is 5.82 Å². The Hall–Kier alpha value is -7.94. The van der Waals surface area contributed by atoms with Crippen LogP contribution in [0.15, 0.2) is 218 Å². The first-order valence-corrected chi connectivity index (χ1v) is 21.8. The smallest absolute Gasteiger partial charge is 0.160 e. The van der Waals surface area contributed by atoms with Gasteiger partial charge < -0.3 is 0 Å². The van der Waals surface area contributed by atoms with Gasteiger partial charge >= 0.3 is 0 Å². The molecule has 0 saturated heterocycles. The normalized spacial score (nSPS) is 12.7. The van der Waals surface area contributed by atoms with E-state index in [4.69, 9.17) is 9.97 Å². The van der Waals surface area contributed by atoms with Gasteiger partial charge in [-0.25, -0.2) is 9.97 Å². The minimum absolute atomic E-state index is 0.0180. The van der Waals surface area contributed by atoms with Crippen LogP contribution in [0.1, 0.15) is 25.0 Å². The minimum Gasteiger partial charge on any atom is -0.228 e. The van der Waals surface area contributed by atoms with Crippen molar-refractivity contribution in [2.75, 3.05) is 0 Å². The van der Waals surface area contributed by atoms with Gasteiger partial charge in [-0.3, -0.25) is 0 Å². The summed E-state index contributed by atoms with van der Waals surface area (Å²) in [7, 11) is 0. The fraction of sp³-hybridized carbons (Fsp3) is 0.0492. The summed E-state index contributed by atoms with van der Waals surface area (Å²) < 4.78 is 0. The maximum Gasteiger partial charge on any atom is 0.160 e. The third-order valence-electron chi connectivity index (χ3n) is 13.3. The molecule has 0 spiro atoms. The molecule has 296 valence electrons. The molecule has 1 aromatic heterocycles. The molecular formula is C61H42N2. The van der Waals surface area contributed by atoms with Crippen molar-refractivity contribution in [2.24, 2.45) is 0 Å². The molecule has 0 amide bonds. The Bertz CT molecular complexity index is 3560. The number of nitrogens with zero attached hydrogens (tertiary/aromatic N) is 2. The highest BCUT2D eigenvalue weighted by Crippen LogP contribution is 2.49. The van der Waals surface area contributed by atoms with Gasteiger partial charge in [-0.05, 0) is 106 Å². The summed E-state index contributed by atoms with van der Waals surface area (Å²) in [6.07, 6.45) is 0. The highest BCUT2D eigenvalue weighted by atomic mass is 14.9. The van der Waals surface area contributed by atoms with E-state index in [-0.39, 0.29) is 5.41 Å².